The summed E-state index contributed by atoms with van der Waals surface area (Å²) >= 11 is 3.24. The smallest absolute Gasteiger partial charge is 0.145 e. The predicted molar refractivity (Wildman–Crippen MR) is 86.2 cm³/mol. The maximum Gasteiger partial charge on any atom is 0.145 e. The first kappa shape index (κ1) is 15.2. The van der Waals surface area contributed by atoms with Crippen LogP contribution in [0.1, 0.15) is 25.0 Å². The van der Waals surface area contributed by atoms with Gasteiger partial charge >= 0.3 is 0 Å². The highest BCUT2D eigenvalue weighted by atomic mass is 79.9. The minimum atomic E-state index is -0.205. The number of rotatable bonds is 4. The van der Waals surface area contributed by atoms with Crippen molar-refractivity contribution in [3.8, 4) is 11.1 Å². The average molecular weight is 336 g/mol. The van der Waals surface area contributed by atoms with Crippen LogP contribution < -0.4 is 5.32 Å². The fourth-order valence-electron chi connectivity index (χ4n) is 2.17. The molecule has 0 spiro atoms. The van der Waals surface area contributed by atoms with Gasteiger partial charge in [0.2, 0.25) is 0 Å². The molecule has 1 nitrogen and oxygen atoms in total. The summed E-state index contributed by atoms with van der Waals surface area (Å²) in [5.74, 6) is -0.205. The van der Waals surface area contributed by atoms with Crippen LogP contribution in [0.2, 0.25) is 0 Å². The number of hydrogen-bond donors (Lipinski definition) is 1. The molecule has 0 atom stereocenters. The van der Waals surface area contributed by atoms with E-state index in [-0.39, 0.29) is 5.82 Å². The van der Waals surface area contributed by atoms with Crippen molar-refractivity contribution in [2.24, 2.45) is 0 Å². The average Bonchev–Trinajstić information content (AvgIpc) is 2.40. The largest absolute Gasteiger partial charge is 0.310 e. The zero-order valence-corrected chi connectivity index (χ0v) is 13.6. The van der Waals surface area contributed by atoms with E-state index in [0.717, 1.165) is 17.7 Å². The molecule has 0 amide bonds. The van der Waals surface area contributed by atoms with E-state index in [1.807, 2.05) is 25.1 Å². The highest BCUT2D eigenvalue weighted by Gasteiger charge is 2.10. The van der Waals surface area contributed by atoms with Gasteiger partial charge in [0, 0.05) is 18.2 Å². The van der Waals surface area contributed by atoms with Crippen LogP contribution in [0.15, 0.2) is 40.9 Å². The van der Waals surface area contributed by atoms with Crippen molar-refractivity contribution >= 4 is 15.9 Å². The lowest BCUT2D eigenvalue weighted by atomic mass is 9.98. The van der Waals surface area contributed by atoms with Crippen LogP contribution in [0, 0.1) is 12.7 Å². The minimum Gasteiger partial charge on any atom is -0.310 e. The van der Waals surface area contributed by atoms with Gasteiger partial charge in [0.25, 0.3) is 0 Å². The SMILES string of the molecule is Cc1cc(CNC(C)C)ccc1-c1cccc(Br)c1F. The molecule has 106 valence electrons. The van der Waals surface area contributed by atoms with Crippen LogP contribution in [0.25, 0.3) is 11.1 Å². The number of benzene rings is 2. The summed E-state index contributed by atoms with van der Waals surface area (Å²) in [6.07, 6.45) is 0. The Hall–Kier alpha value is -1.19. The summed E-state index contributed by atoms with van der Waals surface area (Å²) in [7, 11) is 0. The van der Waals surface area contributed by atoms with E-state index in [1.165, 1.54) is 5.56 Å². The molecule has 0 unspecified atom stereocenters. The zero-order chi connectivity index (χ0) is 14.7. The Morgan fingerprint density at radius 2 is 1.90 bits per heavy atom. The minimum absolute atomic E-state index is 0.205. The van der Waals surface area contributed by atoms with E-state index in [2.05, 4.69) is 47.2 Å². The number of aryl methyl sites for hydroxylation is 1. The van der Waals surface area contributed by atoms with Crippen LogP contribution >= 0.6 is 15.9 Å². The van der Waals surface area contributed by atoms with Gasteiger partial charge in [-0.15, -0.1) is 0 Å². The highest BCUT2D eigenvalue weighted by Crippen LogP contribution is 2.30. The van der Waals surface area contributed by atoms with Gasteiger partial charge in [-0.3, -0.25) is 0 Å². The van der Waals surface area contributed by atoms with Crippen molar-refractivity contribution in [1.29, 1.82) is 0 Å². The van der Waals surface area contributed by atoms with Gasteiger partial charge in [-0.1, -0.05) is 44.2 Å². The first-order valence-corrected chi connectivity index (χ1v) is 7.55. The molecule has 2 aromatic carbocycles. The van der Waals surface area contributed by atoms with Crippen LogP contribution in [0.5, 0.6) is 0 Å². The monoisotopic (exact) mass is 335 g/mol. The van der Waals surface area contributed by atoms with Gasteiger partial charge in [0.1, 0.15) is 5.82 Å². The van der Waals surface area contributed by atoms with Gasteiger partial charge in [-0.2, -0.15) is 0 Å². The van der Waals surface area contributed by atoms with E-state index in [9.17, 15) is 4.39 Å². The van der Waals surface area contributed by atoms with Crippen molar-refractivity contribution in [1.82, 2.24) is 5.32 Å². The third-order valence-corrected chi connectivity index (χ3v) is 3.86. The third kappa shape index (κ3) is 3.47. The number of halogens is 2. The van der Waals surface area contributed by atoms with Crippen LogP contribution in [-0.4, -0.2) is 6.04 Å². The van der Waals surface area contributed by atoms with Gasteiger partial charge < -0.3 is 5.32 Å². The Labute approximate surface area is 128 Å². The second-order valence-corrected chi connectivity index (χ2v) is 6.14. The lowest BCUT2D eigenvalue weighted by Crippen LogP contribution is -2.21. The maximum atomic E-state index is 14.2. The Morgan fingerprint density at radius 1 is 1.15 bits per heavy atom. The van der Waals surface area contributed by atoms with Crippen molar-refractivity contribution in [2.75, 3.05) is 0 Å². The molecule has 1 N–H and O–H groups in total. The Kier molecular flexibility index (Phi) is 4.95. The summed E-state index contributed by atoms with van der Waals surface area (Å²) < 4.78 is 14.7. The molecule has 0 saturated carbocycles. The van der Waals surface area contributed by atoms with Crippen LogP contribution in [-0.2, 0) is 6.54 Å². The van der Waals surface area contributed by atoms with E-state index in [4.69, 9.17) is 0 Å². The second-order valence-electron chi connectivity index (χ2n) is 5.29. The van der Waals surface area contributed by atoms with Crippen LogP contribution in [0.3, 0.4) is 0 Å². The molecule has 2 rings (SSSR count). The molecular weight excluding hydrogens is 317 g/mol. The zero-order valence-electron chi connectivity index (χ0n) is 12.0. The Morgan fingerprint density at radius 3 is 2.55 bits per heavy atom. The maximum absolute atomic E-state index is 14.2. The van der Waals surface area contributed by atoms with E-state index >= 15 is 0 Å². The summed E-state index contributed by atoms with van der Waals surface area (Å²) in [5.41, 5.74) is 3.89. The molecule has 20 heavy (non-hydrogen) atoms. The summed E-state index contributed by atoms with van der Waals surface area (Å²) in [6.45, 7) is 7.10. The van der Waals surface area contributed by atoms with Crippen molar-refractivity contribution < 1.29 is 4.39 Å². The van der Waals surface area contributed by atoms with E-state index < -0.39 is 0 Å². The summed E-state index contributed by atoms with van der Waals surface area (Å²) in [6, 6.07) is 12.0. The molecular formula is C17H19BrFN. The Bertz CT molecular complexity index is 608. The van der Waals surface area contributed by atoms with Gasteiger partial charge in [-0.25, -0.2) is 4.39 Å². The highest BCUT2D eigenvalue weighted by molar-refractivity contribution is 9.10. The quantitative estimate of drug-likeness (QED) is 0.823. The normalized spacial score (nSPS) is 11.1. The first-order chi connectivity index (χ1) is 9.49. The molecule has 0 aliphatic carbocycles. The molecule has 0 fully saturated rings. The van der Waals surface area contributed by atoms with Gasteiger partial charge in [0.15, 0.2) is 0 Å². The standard InChI is InChI=1S/C17H19BrFN/c1-11(2)20-10-13-7-8-14(12(3)9-13)15-5-4-6-16(18)17(15)19/h4-9,11,20H,10H2,1-3H3. The van der Waals surface area contributed by atoms with E-state index in [0.29, 0.717) is 16.1 Å². The van der Waals surface area contributed by atoms with E-state index in [1.54, 1.807) is 6.07 Å². The summed E-state index contributed by atoms with van der Waals surface area (Å²) in [4.78, 5) is 0. The number of hydrogen-bond acceptors (Lipinski definition) is 1. The van der Waals surface area contributed by atoms with Crippen molar-refractivity contribution in [3.05, 3.63) is 57.8 Å². The lowest BCUT2D eigenvalue weighted by molar-refractivity contribution is 0.588. The molecule has 0 aliphatic rings. The molecule has 0 saturated heterocycles. The topological polar surface area (TPSA) is 12.0 Å². The van der Waals surface area contributed by atoms with Gasteiger partial charge in [0.05, 0.1) is 4.47 Å². The first-order valence-electron chi connectivity index (χ1n) is 6.76. The van der Waals surface area contributed by atoms with Crippen molar-refractivity contribution in [3.63, 3.8) is 0 Å². The number of nitrogens with one attached hydrogen (secondary N) is 1. The molecule has 0 heterocycles. The molecule has 0 bridgehead atoms. The fourth-order valence-corrected chi connectivity index (χ4v) is 2.54. The summed E-state index contributed by atoms with van der Waals surface area (Å²) in [5, 5.41) is 3.39. The lowest BCUT2D eigenvalue weighted by Gasteiger charge is -2.12. The molecule has 0 radical (unpaired) electrons. The van der Waals surface area contributed by atoms with Crippen molar-refractivity contribution in [2.45, 2.75) is 33.4 Å². The molecule has 3 heteroatoms. The predicted octanol–water partition coefficient (Wildman–Crippen LogP) is 5.06. The van der Waals surface area contributed by atoms with Gasteiger partial charge in [-0.05, 0) is 45.6 Å². The fraction of sp³-hybridized carbons (Fsp3) is 0.294. The molecule has 0 aromatic heterocycles. The Balaban J connectivity index is 2.32. The van der Waals surface area contributed by atoms with Crippen LogP contribution in [0.4, 0.5) is 4.39 Å². The molecule has 2 aromatic rings. The second kappa shape index (κ2) is 6.51. The third-order valence-electron chi connectivity index (χ3n) is 3.25. The molecule has 0 aliphatic heterocycles.